The molecule has 2 aromatic rings. The van der Waals surface area contributed by atoms with E-state index >= 15 is 0 Å². The van der Waals surface area contributed by atoms with Crippen molar-refractivity contribution in [2.45, 2.75) is 25.3 Å². The Kier molecular flexibility index (Phi) is 4.43. The number of nitro groups is 1. The highest BCUT2D eigenvalue weighted by molar-refractivity contribution is 5.99. The molecule has 0 saturated carbocycles. The van der Waals surface area contributed by atoms with Crippen molar-refractivity contribution in [1.82, 2.24) is 14.7 Å². The van der Waals surface area contributed by atoms with Crippen LogP contribution in [0.1, 0.15) is 40.5 Å². The van der Waals surface area contributed by atoms with Crippen molar-refractivity contribution in [2.24, 2.45) is 7.05 Å². The molecule has 3 rings (SSSR count). The van der Waals surface area contributed by atoms with E-state index in [-0.39, 0.29) is 23.0 Å². The van der Waals surface area contributed by atoms with Gasteiger partial charge in [0.15, 0.2) is 5.75 Å². The molecule has 1 atom stereocenters. The number of aryl methyl sites for hydroxylation is 1. The number of methoxy groups -OCH3 is 1. The molecule has 0 unspecified atom stereocenters. The highest BCUT2D eigenvalue weighted by atomic mass is 16.6. The number of hydrogen-bond donors (Lipinski definition) is 0. The first-order chi connectivity index (χ1) is 12.0. The van der Waals surface area contributed by atoms with E-state index in [2.05, 4.69) is 5.10 Å². The van der Waals surface area contributed by atoms with Crippen LogP contribution in [0.3, 0.4) is 0 Å². The Hall–Kier alpha value is -2.90. The van der Waals surface area contributed by atoms with Gasteiger partial charge in [-0.2, -0.15) is 5.10 Å². The zero-order chi connectivity index (χ0) is 18.1. The average molecular weight is 344 g/mol. The number of hydrogen-bond acceptors (Lipinski definition) is 5. The van der Waals surface area contributed by atoms with Gasteiger partial charge in [0.1, 0.15) is 5.56 Å². The highest BCUT2D eigenvalue weighted by Crippen LogP contribution is 2.36. The zero-order valence-corrected chi connectivity index (χ0v) is 14.4. The molecule has 8 nitrogen and oxygen atoms in total. The molecular formula is C17H20N4O4. The fraction of sp³-hybridized carbons (Fsp3) is 0.412. The topological polar surface area (TPSA) is 90.5 Å². The van der Waals surface area contributed by atoms with E-state index in [0.29, 0.717) is 0 Å². The van der Waals surface area contributed by atoms with Crippen LogP contribution in [0, 0.1) is 10.1 Å². The summed E-state index contributed by atoms with van der Waals surface area (Å²) in [6.45, 7) is 0. The van der Waals surface area contributed by atoms with Gasteiger partial charge in [0.2, 0.25) is 0 Å². The monoisotopic (exact) mass is 344 g/mol. The Morgan fingerprint density at radius 1 is 1.48 bits per heavy atom. The van der Waals surface area contributed by atoms with Crippen LogP contribution in [-0.4, -0.2) is 39.7 Å². The lowest BCUT2D eigenvalue weighted by Gasteiger charge is -2.31. The summed E-state index contributed by atoms with van der Waals surface area (Å²) in [5, 5.41) is 15.7. The third kappa shape index (κ3) is 2.84. The molecule has 1 aromatic heterocycles. The van der Waals surface area contributed by atoms with Gasteiger partial charge in [-0.25, -0.2) is 0 Å². The van der Waals surface area contributed by atoms with Crippen molar-refractivity contribution in [1.29, 1.82) is 0 Å². The van der Waals surface area contributed by atoms with Gasteiger partial charge >= 0.3 is 5.69 Å². The Morgan fingerprint density at radius 2 is 2.24 bits per heavy atom. The van der Waals surface area contributed by atoms with Crippen molar-refractivity contribution < 1.29 is 14.5 Å². The quantitative estimate of drug-likeness (QED) is 0.628. The number of fused-ring (bicyclic) bond motifs is 1. The summed E-state index contributed by atoms with van der Waals surface area (Å²) in [6, 6.07) is 4.39. The smallest absolute Gasteiger partial charge is 0.323 e. The van der Waals surface area contributed by atoms with Crippen LogP contribution in [0.2, 0.25) is 0 Å². The van der Waals surface area contributed by atoms with Crippen molar-refractivity contribution in [3.05, 3.63) is 51.3 Å². The van der Waals surface area contributed by atoms with Crippen molar-refractivity contribution in [2.75, 3.05) is 14.2 Å². The van der Waals surface area contributed by atoms with Gasteiger partial charge in [0, 0.05) is 25.4 Å². The summed E-state index contributed by atoms with van der Waals surface area (Å²) < 4.78 is 6.88. The summed E-state index contributed by atoms with van der Waals surface area (Å²) in [6.07, 6.45) is 4.44. The maximum atomic E-state index is 13.0. The Balaban J connectivity index is 1.98. The van der Waals surface area contributed by atoms with Crippen LogP contribution in [-0.2, 0) is 13.5 Å². The highest BCUT2D eigenvalue weighted by Gasteiger charge is 2.33. The number of amides is 1. The van der Waals surface area contributed by atoms with E-state index in [9.17, 15) is 14.9 Å². The maximum absolute atomic E-state index is 13.0. The molecule has 0 bridgehead atoms. The van der Waals surface area contributed by atoms with Gasteiger partial charge in [0.25, 0.3) is 5.91 Å². The lowest BCUT2D eigenvalue weighted by atomic mass is 9.91. The Bertz CT molecular complexity index is 830. The molecule has 25 heavy (non-hydrogen) atoms. The third-order valence-electron chi connectivity index (χ3n) is 4.76. The van der Waals surface area contributed by atoms with Crippen LogP contribution in [0.5, 0.6) is 5.75 Å². The molecule has 0 spiro atoms. The normalized spacial score (nSPS) is 16.2. The van der Waals surface area contributed by atoms with Crippen molar-refractivity contribution >= 4 is 11.6 Å². The molecule has 0 saturated heterocycles. The molecule has 0 radical (unpaired) electrons. The molecule has 0 N–H and O–H groups in total. The Morgan fingerprint density at radius 3 is 2.92 bits per heavy atom. The molecule has 0 aliphatic heterocycles. The van der Waals surface area contributed by atoms with E-state index in [4.69, 9.17) is 4.74 Å². The molecule has 1 aliphatic carbocycles. The van der Waals surface area contributed by atoms with Gasteiger partial charge in [-0.1, -0.05) is 6.07 Å². The molecule has 8 heteroatoms. The average Bonchev–Trinajstić information content (AvgIpc) is 3.01. The van der Waals surface area contributed by atoms with Gasteiger partial charge in [0.05, 0.1) is 24.3 Å². The molecule has 0 fully saturated rings. The molecule has 1 heterocycles. The number of para-hydroxylation sites is 1. The van der Waals surface area contributed by atoms with Crippen molar-refractivity contribution in [3.63, 3.8) is 0 Å². The number of carbonyl (C=O) groups is 1. The number of benzene rings is 1. The summed E-state index contributed by atoms with van der Waals surface area (Å²) >= 11 is 0. The molecule has 1 aromatic carbocycles. The first-order valence-electron chi connectivity index (χ1n) is 8.05. The van der Waals surface area contributed by atoms with E-state index in [1.807, 2.05) is 11.7 Å². The van der Waals surface area contributed by atoms with Crippen LogP contribution >= 0.6 is 0 Å². The second kappa shape index (κ2) is 6.54. The Labute approximate surface area is 145 Å². The fourth-order valence-corrected chi connectivity index (χ4v) is 3.46. The second-order valence-corrected chi connectivity index (χ2v) is 6.11. The molecular weight excluding hydrogens is 324 g/mol. The number of carbonyl (C=O) groups excluding carboxylic acids is 1. The van der Waals surface area contributed by atoms with Crippen molar-refractivity contribution in [3.8, 4) is 5.75 Å². The van der Waals surface area contributed by atoms with E-state index in [1.54, 1.807) is 24.2 Å². The number of aromatic nitrogens is 2. The van der Waals surface area contributed by atoms with Gasteiger partial charge in [-0.05, 0) is 31.4 Å². The van der Waals surface area contributed by atoms with Crippen LogP contribution in [0.15, 0.2) is 24.4 Å². The van der Waals surface area contributed by atoms with Crippen LogP contribution < -0.4 is 4.74 Å². The largest absolute Gasteiger partial charge is 0.490 e. The summed E-state index contributed by atoms with van der Waals surface area (Å²) in [7, 11) is 4.91. The standard InChI is InChI=1S/C17H20N4O4/c1-19(13-7-5-8-14-12(13)10-18-20(14)2)17(22)11-6-4-9-15(25-3)16(11)21(23)24/h4,6,9-10,13H,5,7-8H2,1-3H3/t13-/m0/s1. The summed E-state index contributed by atoms with van der Waals surface area (Å²) in [5.74, 6) is -0.317. The predicted molar refractivity (Wildman–Crippen MR) is 90.6 cm³/mol. The second-order valence-electron chi connectivity index (χ2n) is 6.11. The van der Waals surface area contributed by atoms with Gasteiger partial charge in [-0.3, -0.25) is 19.6 Å². The lowest BCUT2D eigenvalue weighted by Crippen LogP contribution is -2.33. The predicted octanol–water partition coefficient (Wildman–Crippen LogP) is 2.49. The van der Waals surface area contributed by atoms with Gasteiger partial charge in [-0.15, -0.1) is 0 Å². The minimum Gasteiger partial charge on any atom is -0.490 e. The fourth-order valence-electron chi connectivity index (χ4n) is 3.46. The van der Waals surface area contributed by atoms with Crippen LogP contribution in [0.25, 0.3) is 0 Å². The van der Waals surface area contributed by atoms with E-state index in [0.717, 1.165) is 30.5 Å². The first-order valence-corrected chi connectivity index (χ1v) is 8.05. The maximum Gasteiger partial charge on any atom is 0.323 e. The lowest BCUT2D eigenvalue weighted by molar-refractivity contribution is -0.386. The summed E-state index contributed by atoms with van der Waals surface area (Å²) in [5.41, 5.74) is 1.85. The molecule has 132 valence electrons. The van der Waals surface area contributed by atoms with Crippen LogP contribution in [0.4, 0.5) is 5.69 Å². The number of nitrogens with zero attached hydrogens (tertiary/aromatic N) is 4. The minimum atomic E-state index is -0.573. The van der Waals surface area contributed by atoms with E-state index < -0.39 is 10.8 Å². The van der Waals surface area contributed by atoms with E-state index in [1.165, 1.54) is 19.2 Å². The number of ether oxygens (including phenoxy) is 1. The zero-order valence-electron chi connectivity index (χ0n) is 14.4. The number of nitro benzene ring substituents is 1. The molecule has 1 aliphatic rings. The molecule has 1 amide bonds. The summed E-state index contributed by atoms with van der Waals surface area (Å²) in [4.78, 5) is 25.4. The van der Waals surface area contributed by atoms with Gasteiger partial charge < -0.3 is 9.64 Å². The SMILES string of the molecule is COc1cccc(C(=O)N(C)[C@H]2CCCc3c2cnn3C)c1[N+](=O)[O-]. The number of rotatable bonds is 4. The minimum absolute atomic E-state index is 0.0304. The third-order valence-corrected chi connectivity index (χ3v) is 4.76. The first kappa shape index (κ1) is 16.9.